The molecular weight excluding hydrogens is 325 g/mol. The van der Waals surface area contributed by atoms with Crippen LogP contribution in [0.1, 0.15) is 29.6 Å². The smallest absolute Gasteiger partial charge is 0.309 e. The minimum absolute atomic E-state index is 0.0178. The molecule has 130 valence electrons. The van der Waals surface area contributed by atoms with Gasteiger partial charge in [0.2, 0.25) is 0 Å². The number of nitrogens with zero attached hydrogens (tertiary/aromatic N) is 3. The summed E-state index contributed by atoms with van der Waals surface area (Å²) in [6, 6.07) is 2.70. The van der Waals surface area contributed by atoms with Gasteiger partial charge in [-0.05, 0) is 30.7 Å². The van der Waals surface area contributed by atoms with Gasteiger partial charge in [0.15, 0.2) is 0 Å². The molecule has 6 nitrogen and oxygen atoms in total. The monoisotopic (exact) mass is 343 g/mol. The first kappa shape index (κ1) is 15.9. The summed E-state index contributed by atoms with van der Waals surface area (Å²) in [4.78, 5) is 34.2. The van der Waals surface area contributed by atoms with Gasteiger partial charge in [0.05, 0.1) is 29.6 Å². The van der Waals surface area contributed by atoms with Crippen LogP contribution in [0.2, 0.25) is 0 Å². The van der Waals surface area contributed by atoms with Crippen LogP contribution < -0.4 is 0 Å². The van der Waals surface area contributed by atoms with Crippen LogP contribution in [0.5, 0.6) is 0 Å². The Morgan fingerprint density at radius 1 is 1.20 bits per heavy atom. The molecular formula is C18H18FN3O3. The lowest BCUT2D eigenvalue weighted by atomic mass is 9.90. The van der Waals surface area contributed by atoms with E-state index in [1.54, 1.807) is 4.90 Å². The number of likely N-dealkylation sites (tertiary alicyclic amines) is 1. The van der Waals surface area contributed by atoms with Crippen LogP contribution in [0.25, 0.3) is 11.0 Å². The lowest BCUT2D eigenvalue weighted by Crippen LogP contribution is -2.40. The summed E-state index contributed by atoms with van der Waals surface area (Å²) in [6.07, 6.45) is 5.31. The number of fused-ring (bicyclic) bond motifs is 1. The highest BCUT2D eigenvalue weighted by molar-refractivity contribution is 5.97. The van der Waals surface area contributed by atoms with E-state index in [1.165, 1.54) is 31.6 Å². The Balaban J connectivity index is 1.50. The van der Waals surface area contributed by atoms with Crippen LogP contribution in [-0.4, -0.2) is 46.9 Å². The molecule has 1 spiro atoms. The quantitative estimate of drug-likeness (QED) is 0.782. The van der Waals surface area contributed by atoms with E-state index in [0.717, 1.165) is 19.3 Å². The zero-order chi connectivity index (χ0) is 17.6. The molecule has 2 aromatic rings. The summed E-state index contributed by atoms with van der Waals surface area (Å²) in [7, 11) is 1.40. The van der Waals surface area contributed by atoms with Crippen molar-refractivity contribution in [2.75, 3.05) is 20.2 Å². The van der Waals surface area contributed by atoms with E-state index < -0.39 is 5.82 Å². The minimum atomic E-state index is -0.586. The highest BCUT2D eigenvalue weighted by atomic mass is 19.1. The number of benzene rings is 1. The third-order valence-electron chi connectivity index (χ3n) is 5.51. The SMILES string of the molecule is COC(=O)[C@H]1CC12CCN(C(=O)c1cc3nccnc3cc1F)CC2. The first-order valence-corrected chi connectivity index (χ1v) is 8.31. The molecule has 0 unspecified atom stereocenters. The zero-order valence-corrected chi connectivity index (χ0v) is 13.9. The van der Waals surface area contributed by atoms with Crippen LogP contribution in [0.3, 0.4) is 0 Å². The van der Waals surface area contributed by atoms with E-state index in [4.69, 9.17) is 4.74 Å². The maximum absolute atomic E-state index is 14.3. The van der Waals surface area contributed by atoms with Crippen molar-refractivity contribution in [3.8, 4) is 0 Å². The average Bonchev–Trinajstić information content (AvgIpc) is 3.34. The van der Waals surface area contributed by atoms with Gasteiger partial charge in [-0.25, -0.2) is 4.39 Å². The zero-order valence-electron chi connectivity index (χ0n) is 13.9. The molecule has 4 rings (SSSR count). The van der Waals surface area contributed by atoms with E-state index in [9.17, 15) is 14.0 Å². The molecule has 25 heavy (non-hydrogen) atoms. The van der Waals surface area contributed by atoms with Crippen LogP contribution in [0.15, 0.2) is 24.5 Å². The summed E-state index contributed by atoms with van der Waals surface area (Å²) < 4.78 is 19.1. The number of esters is 1. The lowest BCUT2D eigenvalue weighted by molar-refractivity contribution is -0.143. The predicted octanol–water partition coefficient (Wildman–Crippen LogP) is 2.18. The van der Waals surface area contributed by atoms with E-state index in [-0.39, 0.29) is 28.8 Å². The van der Waals surface area contributed by atoms with Gasteiger partial charge >= 0.3 is 5.97 Å². The fourth-order valence-electron chi connectivity index (χ4n) is 3.85. The molecule has 2 heterocycles. The first-order chi connectivity index (χ1) is 12.0. The second kappa shape index (κ2) is 5.75. The number of amides is 1. The number of halogens is 1. The van der Waals surface area contributed by atoms with E-state index in [1.807, 2.05) is 0 Å². The molecule has 1 atom stereocenters. The summed E-state index contributed by atoms with van der Waals surface area (Å²) >= 11 is 0. The van der Waals surface area contributed by atoms with Gasteiger partial charge in [-0.1, -0.05) is 0 Å². The Morgan fingerprint density at radius 2 is 1.84 bits per heavy atom. The molecule has 1 saturated carbocycles. The van der Waals surface area contributed by atoms with Crippen molar-refractivity contribution in [1.82, 2.24) is 14.9 Å². The minimum Gasteiger partial charge on any atom is -0.469 e. The number of methoxy groups -OCH3 is 1. The Hall–Kier alpha value is -2.57. The highest BCUT2D eigenvalue weighted by Crippen LogP contribution is 2.59. The number of carbonyl (C=O) groups is 2. The lowest BCUT2D eigenvalue weighted by Gasteiger charge is -2.32. The highest BCUT2D eigenvalue weighted by Gasteiger charge is 2.59. The molecule has 2 aliphatic rings. The van der Waals surface area contributed by atoms with Crippen molar-refractivity contribution in [3.05, 3.63) is 35.9 Å². The maximum Gasteiger partial charge on any atom is 0.309 e. The summed E-state index contributed by atoms with van der Waals surface area (Å²) in [5.41, 5.74) is 0.906. The van der Waals surface area contributed by atoms with Crippen molar-refractivity contribution < 1.29 is 18.7 Å². The second-order valence-corrected chi connectivity index (χ2v) is 6.81. The third kappa shape index (κ3) is 2.63. The number of ether oxygens (including phenoxy) is 1. The number of aromatic nitrogens is 2. The summed E-state index contributed by atoms with van der Waals surface area (Å²) in [6.45, 7) is 1.04. The molecule has 0 bridgehead atoms. The number of hydrogen-bond donors (Lipinski definition) is 0. The fourth-order valence-corrected chi connectivity index (χ4v) is 3.85. The largest absolute Gasteiger partial charge is 0.469 e. The Morgan fingerprint density at radius 3 is 2.48 bits per heavy atom. The number of carbonyl (C=O) groups excluding carboxylic acids is 2. The van der Waals surface area contributed by atoms with Gasteiger partial charge in [0, 0.05) is 31.5 Å². The van der Waals surface area contributed by atoms with Gasteiger partial charge in [0.1, 0.15) is 5.82 Å². The predicted molar refractivity (Wildman–Crippen MR) is 87.2 cm³/mol. The average molecular weight is 343 g/mol. The topological polar surface area (TPSA) is 72.4 Å². The van der Waals surface area contributed by atoms with Crippen LogP contribution in [0.4, 0.5) is 4.39 Å². The number of piperidine rings is 1. The van der Waals surface area contributed by atoms with Gasteiger partial charge in [-0.2, -0.15) is 0 Å². The van der Waals surface area contributed by atoms with Crippen LogP contribution in [-0.2, 0) is 9.53 Å². The van der Waals surface area contributed by atoms with E-state index in [0.29, 0.717) is 24.1 Å². The molecule has 1 aliphatic heterocycles. The molecule has 2 fully saturated rings. The van der Waals surface area contributed by atoms with Gasteiger partial charge in [0.25, 0.3) is 5.91 Å². The maximum atomic E-state index is 14.3. The Kier molecular flexibility index (Phi) is 3.67. The van der Waals surface area contributed by atoms with Crippen molar-refractivity contribution in [1.29, 1.82) is 0 Å². The molecule has 0 N–H and O–H groups in total. The van der Waals surface area contributed by atoms with Crippen molar-refractivity contribution >= 4 is 22.9 Å². The first-order valence-electron chi connectivity index (χ1n) is 8.31. The van der Waals surface area contributed by atoms with E-state index in [2.05, 4.69) is 9.97 Å². The molecule has 1 aromatic carbocycles. The fraction of sp³-hybridized carbons (Fsp3) is 0.444. The molecule has 1 amide bonds. The Bertz CT molecular complexity index is 862. The van der Waals surface area contributed by atoms with Crippen molar-refractivity contribution in [2.45, 2.75) is 19.3 Å². The van der Waals surface area contributed by atoms with E-state index >= 15 is 0 Å². The van der Waals surface area contributed by atoms with Crippen LogP contribution >= 0.6 is 0 Å². The number of hydrogen-bond acceptors (Lipinski definition) is 5. The molecule has 1 aliphatic carbocycles. The van der Waals surface area contributed by atoms with Gasteiger partial charge in [-0.15, -0.1) is 0 Å². The second-order valence-electron chi connectivity index (χ2n) is 6.81. The molecule has 1 saturated heterocycles. The summed E-state index contributed by atoms with van der Waals surface area (Å²) in [5, 5.41) is 0. The normalized spacial score (nSPS) is 21.4. The van der Waals surface area contributed by atoms with Crippen LogP contribution in [0, 0.1) is 17.2 Å². The third-order valence-corrected chi connectivity index (χ3v) is 5.51. The molecule has 1 aromatic heterocycles. The van der Waals surface area contributed by atoms with Gasteiger partial charge in [-0.3, -0.25) is 19.6 Å². The molecule has 0 radical (unpaired) electrons. The Labute approximate surface area is 144 Å². The molecule has 7 heteroatoms. The summed E-state index contributed by atoms with van der Waals surface area (Å²) in [5.74, 6) is -1.14. The van der Waals surface area contributed by atoms with Crippen molar-refractivity contribution in [2.24, 2.45) is 11.3 Å². The van der Waals surface area contributed by atoms with Crippen molar-refractivity contribution in [3.63, 3.8) is 0 Å². The van der Waals surface area contributed by atoms with Gasteiger partial charge < -0.3 is 9.64 Å². The standard InChI is InChI=1S/C18H18FN3O3/c1-25-17(24)12-10-18(12)2-6-22(7-3-18)16(23)11-8-14-15(9-13(11)19)21-5-4-20-14/h4-5,8-9,12H,2-3,6-7,10H2,1H3/t12-/m1/s1. The number of rotatable bonds is 2.